The lowest BCUT2D eigenvalue weighted by molar-refractivity contribution is -0.113. The van der Waals surface area contributed by atoms with E-state index in [0.29, 0.717) is 11.3 Å². The predicted octanol–water partition coefficient (Wildman–Crippen LogP) is 3.51. The fourth-order valence-electron chi connectivity index (χ4n) is 2.47. The van der Waals surface area contributed by atoms with Crippen molar-refractivity contribution in [2.75, 3.05) is 11.1 Å². The number of carbonyl (C=O) groups excluding carboxylic acids is 2. The summed E-state index contributed by atoms with van der Waals surface area (Å²) in [6.45, 7) is 1.49. The highest BCUT2D eigenvalue weighted by Gasteiger charge is 2.12. The number of aromatic nitrogens is 2. The molecule has 0 saturated carbocycles. The molecule has 1 amide bonds. The molecule has 0 radical (unpaired) electrons. The van der Waals surface area contributed by atoms with Crippen molar-refractivity contribution in [2.45, 2.75) is 12.1 Å². The fourth-order valence-corrected chi connectivity index (χ4v) is 3.26. The minimum absolute atomic E-state index is 0.0751. The molecule has 0 spiro atoms. The van der Waals surface area contributed by atoms with Gasteiger partial charge in [-0.15, -0.1) is 0 Å². The number of rotatable bonds is 5. The van der Waals surface area contributed by atoms with Crippen molar-refractivity contribution >= 4 is 40.2 Å². The van der Waals surface area contributed by atoms with Crippen molar-refractivity contribution in [1.29, 1.82) is 0 Å². The molecular formula is C18H17N3O2S. The summed E-state index contributed by atoms with van der Waals surface area (Å²) >= 11 is 1.37. The van der Waals surface area contributed by atoms with Crippen LogP contribution >= 0.6 is 11.8 Å². The molecule has 0 bridgehead atoms. The van der Waals surface area contributed by atoms with Gasteiger partial charge in [0.15, 0.2) is 10.9 Å². The van der Waals surface area contributed by atoms with E-state index in [2.05, 4.69) is 10.3 Å². The zero-order valence-corrected chi connectivity index (χ0v) is 14.3. The molecule has 0 aliphatic rings. The van der Waals surface area contributed by atoms with Gasteiger partial charge in [0.05, 0.1) is 22.5 Å². The van der Waals surface area contributed by atoms with Crippen LogP contribution in [-0.2, 0) is 11.8 Å². The lowest BCUT2D eigenvalue weighted by Crippen LogP contribution is -2.16. The Kier molecular flexibility index (Phi) is 4.66. The lowest BCUT2D eigenvalue weighted by Gasteiger charge is -2.08. The molecule has 122 valence electrons. The number of hydrogen-bond donors (Lipinski definition) is 1. The first-order valence-electron chi connectivity index (χ1n) is 7.50. The molecule has 1 heterocycles. The number of thioether (sulfide) groups is 1. The van der Waals surface area contributed by atoms with Crippen molar-refractivity contribution in [3.05, 3.63) is 54.1 Å². The van der Waals surface area contributed by atoms with E-state index in [4.69, 9.17) is 0 Å². The normalized spacial score (nSPS) is 10.8. The molecule has 3 rings (SSSR count). The molecule has 6 heteroatoms. The second-order valence-electron chi connectivity index (χ2n) is 5.38. The van der Waals surface area contributed by atoms with Crippen LogP contribution in [0.15, 0.2) is 53.7 Å². The number of anilines is 1. The Balaban J connectivity index is 1.69. The molecule has 0 saturated heterocycles. The van der Waals surface area contributed by atoms with Crippen LogP contribution in [-0.4, -0.2) is 27.0 Å². The number of Topliss-reactive ketones (excluding diaryl/α,β-unsaturated/α-hetero) is 1. The maximum Gasteiger partial charge on any atom is 0.234 e. The minimum Gasteiger partial charge on any atom is -0.325 e. The van der Waals surface area contributed by atoms with E-state index in [1.54, 1.807) is 24.3 Å². The monoisotopic (exact) mass is 339 g/mol. The van der Waals surface area contributed by atoms with E-state index in [9.17, 15) is 9.59 Å². The Labute approximate surface area is 144 Å². The number of imidazole rings is 1. The average molecular weight is 339 g/mol. The van der Waals surface area contributed by atoms with Gasteiger partial charge in [0.25, 0.3) is 0 Å². The van der Waals surface area contributed by atoms with E-state index in [0.717, 1.165) is 16.2 Å². The maximum atomic E-state index is 12.2. The van der Waals surface area contributed by atoms with Crippen LogP contribution < -0.4 is 5.32 Å². The van der Waals surface area contributed by atoms with Gasteiger partial charge in [-0.1, -0.05) is 36.0 Å². The average Bonchev–Trinajstić information content (AvgIpc) is 2.90. The Morgan fingerprint density at radius 2 is 1.83 bits per heavy atom. The number of fused-ring (bicyclic) bond motifs is 1. The fraction of sp³-hybridized carbons (Fsp3) is 0.167. The first-order chi connectivity index (χ1) is 11.6. The largest absolute Gasteiger partial charge is 0.325 e. The molecule has 24 heavy (non-hydrogen) atoms. The van der Waals surface area contributed by atoms with Crippen molar-refractivity contribution in [3.8, 4) is 0 Å². The van der Waals surface area contributed by atoms with Gasteiger partial charge in [-0.05, 0) is 31.2 Å². The third kappa shape index (κ3) is 3.33. The van der Waals surface area contributed by atoms with Crippen LogP contribution in [0.25, 0.3) is 11.0 Å². The van der Waals surface area contributed by atoms with Gasteiger partial charge in [-0.25, -0.2) is 4.98 Å². The minimum atomic E-state index is -0.166. The summed E-state index contributed by atoms with van der Waals surface area (Å²) in [7, 11) is 1.93. The first-order valence-corrected chi connectivity index (χ1v) is 8.49. The number of para-hydroxylation sites is 3. The van der Waals surface area contributed by atoms with Crippen molar-refractivity contribution in [1.82, 2.24) is 9.55 Å². The standard InChI is InChI=1S/C18H17N3O2S/c1-12(22)13-7-3-4-8-14(13)19-17(23)11-24-18-20-15-9-5-6-10-16(15)21(18)2/h3-10H,11H2,1-2H3,(H,19,23). The van der Waals surface area contributed by atoms with E-state index in [1.807, 2.05) is 35.9 Å². The second-order valence-corrected chi connectivity index (χ2v) is 6.32. The molecule has 5 nitrogen and oxygen atoms in total. The molecule has 0 atom stereocenters. The van der Waals surface area contributed by atoms with Gasteiger partial charge in [-0.2, -0.15) is 0 Å². The number of aryl methyl sites for hydroxylation is 1. The number of nitrogens with zero attached hydrogens (tertiary/aromatic N) is 2. The highest BCUT2D eigenvalue weighted by molar-refractivity contribution is 7.99. The van der Waals surface area contributed by atoms with Gasteiger partial charge < -0.3 is 9.88 Å². The number of nitrogens with one attached hydrogen (secondary N) is 1. The first kappa shape index (κ1) is 16.3. The topological polar surface area (TPSA) is 64.0 Å². The molecule has 3 aromatic rings. The Morgan fingerprint density at radius 3 is 2.58 bits per heavy atom. The van der Waals surface area contributed by atoms with Gasteiger partial charge in [-0.3, -0.25) is 9.59 Å². The summed E-state index contributed by atoms with van der Waals surface area (Å²) in [6.07, 6.45) is 0. The van der Waals surface area contributed by atoms with Crippen molar-refractivity contribution in [2.24, 2.45) is 7.05 Å². The van der Waals surface area contributed by atoms with Crippen LogP contribution in [0.5, 0.6) is 0 Å². The smallest absolute Gasteiger partial charge is 0.234 e. The van der Waals surface area contributed by atoms with Crippen LogP contribution in [0.1, 0.15) is 17.3 Å². The SMILES string of the molecule is CC(=O)c1ccccc1NC(=O)CSc1nc2ccccc2n1C. The molecule has 0 aliphatic carbocycles. The molecule has 2 aromatic carbocycles. The molecule has 0 aliphatic heterocycles. The van der Waals surface area contributed by atoms with Crippen LogP contribution in [0.2, 0.25) is 0 Å². The summed E-state index contributed by atoms with van der Waals surface area (Å²) in [5, 5.41) is 3.58. The molecule has 0 unspecified atom stereocenters. The number of amides is 1. The van der Waals surface area contributed by atoms with E-state index in [-0.39, 0.29) is 17.4 Å². The highest BCUT2D eigenvalue weighted by Crippen LogP contribution is 2.23. The van der Waals surface area contributed by atoms with E-state index >= 15 is 0 Å². The molecular weight excluding hydrogens is 322 g/mol. The summed E-state index contributed by atoms with van der Waals surface area (Å²) < 4.78 is 1.97. The Bertz CT molecular complexity index is 918. The number of ketones is 1. The van der Waals surface area contributed by atoms with Crippen LogP contribution in [0, 0.1) is 0 Å². The summed E-state index contributed by atoms with van der Waals surface area (Å²) in [5.74, 6) is -0.0155. The lowest BCUT2D eigenvalue weighted by atomic mass is 10.1. The number of hydrogen-bond acceptors (Lipinski definition) is 4. The van der Waals surface area contributed by atoms with Gasteiger partial charge in [0.1, 0.15) is 0 Å². The Morgan fingerprint density at radius 1 is 1.12 bits per heavy atom. The highest BCUT2D eigenvalue weighted by atomic mass is 32.2. The van der Waals surface area contributed by atoms with Crippen molar-refractivity contribution < 1.29 is 9.59 Å². The van der Waals surface area contributed by atoms with Crippen LogP contribution in [0.4, 0.5) is 5.69 Å². The van der Waals surface area contributed by atoms with Gasteiger partial charge >= 0.3 is 0 Å². The quantitative estimate of drug-likeness (QED) is 0.571. The van der Waals surface area contributed by atoms with Gasteiger partial charge in [0.2, 0.25) is 5.91 Å². The summed E-state index contributed by atoms with van der Waals surface area (Å²) in [4.78, 5) is 28.3. The summed E-state index contributed by atoms with van der Waals surface area (Å²) in [6, 6.07) is 14.9. The van der Waals surface area contributed by atoms with Gasteiger partial charge in [0, 0.05) is 12.6 Å². The predicted molar refractivity (Wildman–Crippen MR) is 96.5 cm³/mol. The third-order valence-corrected chi connectivity index (χ3v) is 4.69. The summed E-state index contributed by atoms with van der Waals surface area (Å²) in [5.41, 5.74) is 2.99. The molecule has 0 fully saturated rings. The number of benzene rings is 2. The van der Waals surface area contributed by atoms with Crippen LogP contribution in [0.3, 0.4) is 0 Å². The maximum absolute atomic E-state index is 12.2. The van der Waals surface area contributed by atoms with E-state index in [1.165, 1.54) is 18.7 Å². The Hall–Kier alpha value is -2.60. The third-order valence-electron chi connectivity index (χ3n) is 3.66. The second kappa shape index (κ2) is 6.88. The van der Waals surface area contributed by atoms with Crippen molar-refractivity contribution in [3.63, 3.8) is 0 Å². The molecule has 1 N–H and O–H groups in total. The number of carbonyl (C=O) groups is 2. The zero-order valence-electron chi connectivity index (χ0n) is 13.4. The van der Waals surface area contributed by atoms with E-state index < -0.39 is 0 Å². The zero-order chi connectivity index (χ0) is 17.1. The molecule has 1 aromatic heterocycles.